The van der Waals surface area contributed by atoms with E-state index in [1.807, 2.05) is 11.8 Å². The van der Waals surface area contributed by atoms with E-state index in [1.54, 1.807) is 0 Å². The van der Waals surface area contributed by atoms with Gasteiger partial charge in [0.15, 0.2) is 0 Å². The maximum atomic E-state index is 13.1. The van der Waals surface area contributed by atoms with Gasteiger partial charge in [0, 0.05) is 0 Å². The number of thioether (sulfide) groups is 1. The van der Waals surface area contributed by atoms with Gasteiger partial charge in [0.05, 0.1) is 6.10 Å². The van der Waals surface area contributed by atoms with Gasteiger partial charge in [-0.1, -0.05) is 0 Å². The minimum Gasteiger partial charge on any atom is -0.390 e. The Morgan fingerprint density at radius 2 is 2.42 bits per heavy atom. The van der Waals surface area contributed by atoms with E-state index >= 15 is 0 Å². The van der Waals surface area contributed by atoms with E-state index in [-0.39, 0.29) is 0 Å². The molecule has 0 saturated carbocycles. The van der Waals surface area contributed by atoms with Crippen molar-refractivity contribution in [2.24, 2.45) is 5.92 Å². The highest BCUT2D eigenvalue weighted by molar-refractivity contribution is 7.99. The molecule has 0 amide bonds. The first-order valence-corrected chi connectivity index (χ1v) is 5.75. The van der Waals surface area contributed by atoms with E-state index in [0.29, 0.717) is 12.3 Å². The first kappa shape index (κ1) is 10.3. The van der Waals surface area contributed by atoms with E-state index in [0.717, 1.165) is 12.2 Å². The van der Waals surface area contributed by atoms with Crippen molar-refractivity contribution >= 4 is 11.8 Å². The predicted molar refractivity (Wildman–Crippen MR) is 51.2 cm³/mol. The average Bonchev–Trinajstić information content (AvgIpc) is 2.06. The molecule has 0 aromatic rings. The molecule has 1 nitrogen and oxygen atoms in total. The van der Waals surface area contributed by atoms with Crippen molar-refractivity contribution in [2.75, 3.05) is 11.5 Å². The standard InChI is InChI=1S/C9H17FOS/c1-7(11)9(10)5-8-3-2-4-12-6-8/h7-9,11H,2-6H2,1H3. The molecular formula is C9H17FOS. The fraction of sp³-hybridized carbons (Fsp3) is 1.00. The molecule has 1 saturated heterocycles. The number of hydrogen-bond donors (Lipinski definition) is 1. The Kier molecular flexibility index (Phi) is 4.36. The molecule has 0 aromatic heterocycles. The fourth-order valence-electron chi connectivity index (χ4n) is 1.51. The van der Waals surface area contributed by atoms with Crippen LogP contribution < -0.4 is 0 Å². The minimum atomic E-state index is -1.02. The monoisotopic (exact) mass is 192 g/mol. The molecule has 0 spiro atoms. The number of halogens is 1. The van der Waals surface area contributed by atoms with Crippen LogP contribution in [-0.4, -0.2) is 28.9 Å². The first-order chi connectivity index (χ1) is 5.70. The number of hydrogen-bond acceptors (Lipinski definition) is 2. The van der Waals surface area contributed by atoms with Crippen LogP contribution in [0, 0.1) is 5.92 Å². The van der Waals surface area contributed by atoms with E-state index in [4.69, 9.17) is 5.11 Å². The van der Waals surface area contributed by atoms with Crippen LogP contribution in [0.15, 0.2) is 0 Å². The van der Waals surface area contributed by atoms with Crippen LogP contribution in [0.25, 0.3) is 0 Å². The van der Waals surface area contributed by atoms with Gasteiger partial charge in [-0.15, -0.1) is 0 Å². The molecule has 1 rings (SSSR count). The van der Waals surface area contributed by atoms with Crippen molar-refractivity contribution in [1.29, 1.82) is 0 Å². The molecule has 12 heavy (non-hydrogen) atoms. The van der Waals surface area contributed by atoms with Gasteiger partial charge in [-0.2, -0.15) is 11.8 Å². The Balaban J connectivity index is 2.20. The lowest BCUT2D eigenvalue weighted by atomic mass is 9.97. The quantitative estimate of drug-likeness (QED) is 0.740. The van der Waals surface area contributed by atoms with Crippen LogP contribution in [0.1, 0.15) is 26.2 Å². The Morgan fingerprint density at radius 1 is 1.67 bits per heavy atom. The Hall–Kier alpha value is 0.240. The van der Waals surface area contributed by atoms with Crippen LogP contribution >= 0.6 is 11.8 Å². The lowest BCUT2D eigenvalue weighted by Crippen LogP contribution is -2.23. The third-order valence-electron chi connectivity index (χ3n) is 2.34. The van der Waals surface area contributed by atoms with Crippen molar-refractivity contribution in [2.45, 2.75) is 38.5 Å². The Bertz CT molecular complexity index is 124. The van der Waals surface area contributed by atoms with Gasteiger partial charge in [0.1, 0.15) is 6.17 Å². The highest BCUT2D eigenvalue weighted by Crippen LogP contribution is 2.27. The zero-order valence-corrected chi connectivity index (χ0v) is 8.32. The summed E-state index contributed by atoms with van der Waals surface area (Å²) in [4.78, 5) is 0. The third-order valence-corrected chi connectivity index (χ3v) is 3.62. The molecule has 3 unspecified atom stereocenters. The van der Waals surface area contributed by atoms with Crippen LogP contribution in [0.4, 0.5) is 4.39 Å². The molecule has 1 N–H and O–H groups in total. The molecule has 72 valence electrons. The number of aliphatic hydroxyl groups excluding tert-OH is 1. The van der Waals surface area contributed by atoms with Crippen LogP contribution in [0.2, 0.25) is 0 Å². The van der Waals surface area contributed by atoms with Crippen molar-refractivity contribution in [3.63, 3.8) is 0 Å². The molecule has 1 fully saturated rings. The van der Waals surface area contributed by atoms with Crippen molar-refractivity contribution in [3.05, 3.63) is 0 Å². The van der Waals surface area contributed by atoms with Crippen LogP contribution in [-0.2, 0) is 0 Å². The van der Waals surface area contributed by atoms with Crippen LogP contribution in [0.5, 0.6) is 0 Å². The van der Waals surface area contributed by atoms with E-state index in [9.17, 15) is 4.39 Å². The normalized spacial score (nSPS) is 29.8. The maximum Gasteiger partial charge on any atom is 0.126 e. The lowest BCUT2D eigenvalue weighted by Gasteiger charge is -2.23. The smallest absolute Gasteiger partial charge is 0.126 e. The zero-order valence-electron chi connectivity index (χ0n) is 7.50. The average molecular weight is 192 g/mol. The number of alkyl halides is 1. The Labute approximate surface area is 77.7 Å². The molecule has 0 aliphatic carbocycles. The largest absolute Gasteiger partial charge is 0.390 e. The molecule has 0 bridgehead atoms. The van der Waals surface area contributed by atoms with Gasteiger partial charge >= 0.3 is 0 Å². The van der Waals surface area contributed by atoms with E-state index in [2.05, 4.69) is 0 Å². The second kappa shape index (κ2) is 5.07. The SMILES string of the molecule is CC(O)C(F)CC1CCCSC1. The maximum absolute atomic E-state index is 13.1. The molecule has 0 radical (unpaired) electrons. The molecule has 1 aliphatic rings. The molecule has 1 aliphatic heterocycles. The summed E-state index contributed by atoms with van der Waals surface area (Å²) in [6, 6.07) is 0. The zero-order chi connectivity index (χ0) is 8.97. The predicted octanol–water partition coefficient (Wildman–Crippen LogP) is 2.24. The second-order valence-corrected chi connectivity index (χ2v) is 4.73. The molecule has 0 aromatic carbocycles. The van der Waals surface area contributed by atoms with Crippen molar-refractivity contribution < 1.29 is 9.50 Å². The second-order valence-electron chi connectivity index (χ2n) is 3.58. The fourth-order valence-corrected chi connectivity index (χ4v) is 2.68. The molecule has 3 heteroatoms. The summed E-state index contributed by atoms with van der Waals surface area (Å²) < 4.78 is 13.1. The summed E-state index contributed by atoms with van der Waals surface area (Å²) in [5.74, 6) is 2.79. The topological polar surface area (TPSA) is 20.2 Å². The highest BCUT2D eigenvalue weighted by Gasteiger charge is 2.21. The van der Waals surface area contributed by atoms with Gasteiger partial charge < -0.3 is 5.11 Å². The summed E-state index contributed by atoms with van der Waals surface area (Å²) in [5, 5.41) is 8.97. The summed E-state index contributed by atoms with van der Waals surface area (Å²) in [6.07, 6.45) is 1.08. The van der Waals surface area contributed by atoms with Gasteiger partial charge in [0.25, 0.3) is 0 Å². The summed E-state index contributed by atoms with van der Waals surface area (Å²) >= 11 is 1.91. The van der Waals surface area contributed by atoms with E-state index in [1.165, 1.54) is 19.1 Å². The first-order valence-electron chi connectivity index (χ1n) is 4.60. The molecule has 3 atom stereocenters. The molecule has 1 heterocycles. The van der Waals surface area contributed by atoms with Gasteiger partial charge in [-0.25, -0.2) is 4.39 Å². The van der Waals surface area contributed by atoms with Crippen molar-refractivity contribution in [3.8, 4) is 0 Å². The summed E-state index contributed by atoms with van der Waals surface area (Å²) in [5.41, 5.74) is 0. The summed E-state index contributed by atoms with van der Waals surface area (Å²) in [7, 11) is 0. The van der Waals surface area contributed by atoms with Crippen molar-refractivity contribution in [1.82, 2.24) is 0 Å². The highest BCUT2D eigenvalue weighted by atomic mass is 32.2. The minimum absolute atomic E-state index is 0.494. The number of rotatable bonds is 3. The lowest BCUT2D eigenvalue weighted by molar-refractivity contribution is 0.0774. The molecular weight excluding hydrogens is 175 g/mol. The van der Waals surface area contributed by atoms with Gasteiger partial charge in [-0.05, 0) is 43.6 Å². The third kappa shape index (κ3) is 3.31. The summed E-state index contributed by atoms with van der Waals surface area (Å²) in [6.45, 7) is 1.53. The van der Waals surface area contributed by atoms with Gasteiger partial charge in [-0.3, -0.25) is 0 Å². The van der Waals surface area contributed by atoms with E-state index < -0.39 is 12.3 Å². The van der Waals surface area contributed by atoms with Gasteiger partial charge in [0.2, 0.25) is 0 Å². The Morgan fingerprint density at radius 3 is 2.92 bits per heavy atom. The number of aliphatic hydroxyl groups is 1. The van der Waals surface area contributed by atoms with Crippen LogP contribution in [0.3, 0.4) is 0 Å².